The molecule has 0 saturated heterocycles. The normalized spacial score (nSPS) is 14.1. The van der Waals surface area contributed by atoms with Crippen LogP contribution in [0, 0.1) is 12.7 Å². The third-order valence-electron chi connectivity index (χ3n) is 4.64. The van der Waals surface area contributed by atoms with Crippen LogP contribution in [0.15, 0.2) is 64.8 Å². The van der Waals surface area contributed by atoms with Crippen molar-refractivity contribution in [2.24, 2.45) is 0 Å². The lowest BCUT2D eigenvalue weighted by Gasteiger charge is -2.12. The van der Waals surface area contributed by atoms with Gasteiger partial charge >= 0.3 is 0 Å². The van der Waals surface area contributed by atoms with E-state index in [2.05, 4.69) is 15.9 Å². The van der Waals surface area contributed by atoms with E-state index in [9.17, 15) is 9.18 Å². The molecule has 3 nitrogen and oxygen atoms in total. The molecule has 0 fully saturated rings. The highest BCUT2D eigenvalue weighted by Crippen LogP contribution is 2.39. The monoisotopic (exact) mass is 472 g/mol. The Morgan fingerprint density at radius 1 is 1.14 bits per heavy atom. The highest BCUT2D eigenvalue weighted by Gasteiger charge is 2.30. The summed E-state index contributed by atoms with van der Waals surface area (Å²) in [6.45, 7) is 1.77. The van der Waals surface area contributed by atoms with E-state index in [0.29, 0.717) is 27.6 Å². The quantitative estimate of drug-likeness (QED) is 0.393. The summed E-state index contributed by atoms with van der Waals surface area (Å²) in [6, 6.07) is 15.4. The van der Waals surface area contributed by atoms with E-state index >= 15 is 0 Å². The predicted octanol–water partition coefficient (Wildman–Crippen LogP) is 6.75. The van der Waals surface area contributed by atoms with Crippen LogP contribution in [0.4, 0.5) is 4.39 Å². The second-order valence-electron chi connectivity index (χ2n) is 6.55. The highest BCUT2D eigenvalue weighted by molar-refractivity contribution is 9.10. The maximum absolute atomic E-state index is 14.0. The van der Waals surface area contributed by atoms with Crippen LogP contribution in [0.3, 0.4) is 0 Å². The average molecular weight is 474 g/mol. The van der Waals surface area contributed by atoms with Crippen molar-refractivity contribution in [2.75, 3.05) is 0 Å². The first-order valence-corrected chi connectivity index (χ1v) is 10.0. The zero-order chi connectivity index (χ0) is 20.5. The molecule has 0 saturated carbocycles. The van der Waals surface area contributed by atoms with Crippen LogP contribution in [0.1, 0.15) is 27.0 Å². The number of ketones is 1. The van der Waals surface area contributed by atoms with E-state index < -0.39 is 5.82 Å². The molecule has 0 unspecified atom stereocenters. The molecule has 0 radical (unpaired) electrons. The summed E-state index contributed by atoms with van der Waals surface area (Å²) in [7, 11) is 0. The molecule has 1 heterocycles. The number of benzene rings is 3. The van der Waals surface area contributed by atoms with Crippen LogP contribution in [0.25, 0.3) is 6.08 Å². The van der Waals surface area contributed by atoms with Gasteiger partial charge in [-0.15, -0.1) is 0 Å². The molecule has 1 aliphatic heterocycles. The van der Waals surface area contributed by atoms with E-state index in [1.54, 1.807) is 37.3 Å². The summed E-state index contributed by atoms with van der Waals surface area (Å²) in [4.78, 5) is 12.7. The Bertz CT molecular complexity index is 1120. The molecule has 0 atom stereocenters. The number of carbonyl (C=O) groups excluding carboxylic acids is 1. The van der Waals surface area contributed by atoms with Gasteiger partial charge in [0.15, 0.2) is 5.76 Å². The number of halogens is 3. The third-order valence-corrected chi connectivity index (χ3v) is 5.52. The Hall–Kier alpha value is -2.63. The fraction of sp³-hybridized carbons (Fsp3) is 0.0870. The van der Waals surface area contributed by atoms with Gasteiger partial charge in [-0.25, -0.2) is 4.39 Å². The number of fused-ring (bicyclic) bond motifs is 1. The van der Waals surface area contributed by atoms with E-state index in [4.69, 9.17) is 21.1 Å². The van der Waals surface area contributed by atoms with Gasteiger partial charge in [-0.2, -0.15) is 0 Å². The molecular weight excluding hydrogens is 459 g/mol. The molecule has 0 N–H and O–H groups in total. The van der Waals surface area contributed by atoms with Gasteiger partial charge in [0.1, 0.15) is 23.9 Å². The van der Waals surface area contributed by atoms with Crippen LogP contribution in [0.5, 0.6) is 11.5 Å². The Morgan fingerprint density at radius 3 is 2.62 bits per heavy atom. The van der Waals surface area contributed by atoms with Gasteiger partial charge in [0.2, 0.25) is 5.78 Å². The second kappa shape index (κ2) is 8.01. The van der Waals surface area contributed by atoms with Gasteiger partial charge in [-0.1, -0.05) is 45.7 Å². The fourth-order valence-corrected chi connectivity index (χ4v) is 3.54. The minimum atomic E-state index is -0.428. The van der Waals surface area contributed by atoms with Crippen LogP contribution in [0.2, 0.25) is 5.02 Å². The first-order valence-electron chi connectivity index (χ1n) is 8.83. The molecule has 3 aromatic rings. The van der Waals surface area contributed by atoms with Crippen molar-refractivity contribution in [2.45, 2.75) is 13.5 Å². The van der Waals surface area contributed by atoms with E-state index in [-0.39, 0.29) is 23.7 Å². The summed E-state index contributed by atoms with van der Waals surface area (Å²) in [5.74, 6) is 0.591. The molecule has 4 rings (SSSR count). The smallest absolute Gasteiger partial charge is 0.231 e. The van der Waals surface area contributed by atoms with E-state index in [0.717, 1.165) is 10.0 Å². The van der Waals surface area contributed by atoms with Gasteiger partial charge in [0.25, 0.3) is 0 Å². The maximum atomic E-state index is 14.0. The number of allylic oxidation sites excluding steroid dienone is 1. The fourth-order valence-electron chi connectivity index (χ4n) is 3.05. The van der Waals surface area contributed by atoms with Crippen LogP contribution in [-0.2, 0) is 6.61 Å². The van der Waals surface area contributed by atoms with Crippen molar-refractivity contribution in [3.8, 4) is 11.5 Å². The van der Waals surface area contributed by atoms with Crippen molar-refractivity contribution in [1.29, 1.82) is 0 Å². The van der Waals surface area contributed by atoms with E-state index in [1.165, 1.54) is 6.07 Å². The third kappa shape index (κ3) is 3.93. The molecule has 6 heteroatoms. The van der Waals surface area contributed by atoms with Crippen LogP contribution < -0.4 is 9.47 Å². The van der Waals surface area contributed by atoms with Gasteiger partial charge < -0.3 is 9.47 Å². The molecule has 0 bridgehead atoms. The van der Waals surface area contributed by atoms with Gasteiger partial charge in [-0.05, 0) is 55.0 Å². The lowest BCUT2D eigenvalue weighted by molar-refractivity contribution is 0.101. The molecule has 0 spiro atoms. The topological polar surface area (TPSA) is 35.5 Å². The maximum Gasteiger partial charge on any atom is 0.231 e. The summed E-state index contributed by atoms with van der Waals surface area (Å²) in [5, 5.41) is 0.301. The number of hydrogen-bond donors (Lipinski definition) is 0. The molecule has 3 aromatic carbocycles. The molecule has 0 aliphatic carbocycles. The number of rotatable bonds is 4. The zero-order valence-electron chi connectivity index (χ0n) is 15.3. The lowest BCUT2D eigenvalue weighted by atomic mass is 10.1. The van der Waals surface area contributed by atoms with Crippen molar-refractivity contribution in [3.05, 3.63) is 97.9 Å². The molecule has 0 amide bonds. The molecule has 29 heavy (non-hydrogen) atoms. The van der Waals surface area contributed by atoms with Crippen LogP contribution >= 0.6 is 27.5 Å². The molecule has 0 aromatic heterocycles. The summed E-state index contributed by atoms with van der Waals surface area (Å²) in [5.41, 5.74) is 2.28. The summed E-state index contributed by atoms with van der Waals surface area (Å²) < 4.78 is 26.5. The molecular formula is C23H15BrClFO3. The summed E-state index contributed by atoms with van der Waals surface area (Å²) in [6.07, 6.45) is 1.70. The zero-order valence-corrected chi connectivity index (χ0v) is 17.7. The Morgan fingerprint density at radius 2 is 1.90 bits per heavy atom. The molecule has 1 aliphatic rings. The standard InChI is InChI=1S/C23H15BrClFO3/c1-13-20(28-12-17-18(25)3-2-4-19(17)26)10-9-16-22(27)21(29-23(13)16)11-14-5-7-15(24)8-6-14/h2-11H,12H2,1H3/b21-11-. The predicted molar refractivity (Wildman–Crippen MR) is 114 cm³/mol. The van der Waals surface area contributed by atoms with Gasteiger partial charge in [0, 0.05) is 15.6 Å². The van der Waals surface area contributed by atoms with Gasteiger partial charge in [0.05, 0.1) is 10.6 Å². The number of carbonyl (C=O) groups is 1. The van der Waals surface area contributed by atoms with Gasteiger partial charge in [-0.3, -0.25) is 4.79 Å². The Kier molecular flexibility index (Phi) is 5.43. The van der Waals surface area contributed by atoms with Crippen LogP contribution in [-0.4, -0.2) is 5.78 Å². The van der Waals surface area contributed by atoms with Crippen molar-refractivity contribution in [3.63, 3.8) is 0 Å². The Labute approximate surface area is 180 Å². The largest absolute Gasteiger partial charge is 0.488 e. The first kappa shape index (κ1) is 19.7. The minimum Gasteiger partial charge on any atom is -0.488 e. The minimum absolute atomic E-state index is 0.0271. The SMILES string of the molecule is Cc1c(OCc2c(F)cccc2Cl)ccc2c1O/C(=C\c1ccc(Br)cc1)C2=O. The highest BCUT2D eigenvalue weighted by atomic mass is 79.9. The van der Waals surface area contributed by atoms with Crippen molar-refractivity contribution < 1.29 is 18.7 Å². The van der Waals surface area contributed by atoms with E-state index in [1.807, 2.05) is 24.3 Å². The number of Topliss-reactive ketones (excluding diaryl/α,β-unsaturated/α-hetero) is 1. The Balaban J connectivity index is 1.59. The van der Waals surface area contributed by atoms with Crippen molar-refractivity contribution >= 4 is 39.4 Å². The van der Waals surface area contributed by atoms with Crippen molar-refractivity contribution in [1.82, 2.24) is 0 Å². The number of hydrogen-bond acceptors (Lipinski definition) is 3. The average Bonchev–Trinajstić information content (AvgIpc) is 3.01. The summed E-state index contributed by atoms with van der Waals surface area (Å²) >= 11 is 9.44. The lowest BCUT2D eigenvalue weighted by Crippen LogP contribution is -2.01. The number of ether oxygens (including phenoxy) is 2. The first-order chi connectivity index (χ1) is 13.9. The second-order valence-corrected chi connectivity index (χ2v) is 7.87. The molecule has 146 valence electrons.